The van der Waals surface area contributed by atoms with E-state index in [9.17, 15) is 0 Å². The molecule has 2 heterocycles. The third-order valence-corrected chi connectivity index (χ3v) is 3.12. The lowest BCUT2D eigenvalue weighted by Crippen LogP contribution is -1.75. The molecule has 0 aliphatic carbocycles. The first-order chi connectivity index (χ1) is 6.72. The number of benzene rings is 1. The molecule has 4 N–H and O–H groups in total. The molecule has 0 spiro atoms. The van der Waals surface area contributed by atoms with Crippen molar-refractivity contribution in [3.8, 4) is 0 Å². The quantitative estimate of drug-likeness (QED) is 0.591. The molecule has 0 saturated carbocycles. The van der Waals surface area contributed by atoms with Crippen molar-refractivity contribution < 1.29 is 4.42 Å². The summed E-state index contributed by atoms with van der Waals surface area (Å²) in [5.41, 5.74) is 12.1. The number of nitrogen functional groups attached to an aromatic ring is 2. The molecule has 0 aliphatic heterocycles. The van der Waals surface area contributed by atoms with Gasteiger partial charge in [-0.15, -0.1) is 11.3 Å². The van der Waals surface area contributed by atoms with E-state index < -0.39 is 0 Å². The fraction of sp³-hybridized carbons (Fsp3) is 0. The molecule has 0 unspecified atom stereocenters. The zero-order chi connectivity index (χ0) is 9.71. The summed E-state index contributed by atoms with van der Waals surface area (Å²) in [7, 11) is 0. The third kappa shape index (κ3) is 0.975. The summed E-state index contributed by atoms with van der Waals surface area (Å²) in [6, 6.07) is 7.78. The Morgan fingerprint density at radius 3 is 2.71 bits per heavy atom. The van der Waals surface area contributed by atoms with Gasteiger partial charge in [-0.25, -0.2) is 0 Å². The van der Waals surface area contributed by atoms with Crippen LogP contribution in [0.1, 0.15) is 0 Å². The Labute approximate surface area is 83.9 Å². The van der Waals surface area contributed by atoms with Gasteiger partial charge in [0.25, 0.3) is 0 Å². The fourth-order valence-corrected chi connectivity index (χ4v) is 2.47. The second-order valence-electron chi connectivity index (χ2n) is 3.23. The third-order valence-electron chi connectivity index (χ3n) is 2.19. The molecule has 3 rings (SSSR count). The number of fused-ring (bicyclic) bond motifs is 2. The smallest absolute Gasteiger partial charge is 0.191 e. The molecular formula is C10H8N2OS. The van der Waals surface area contributed by atoms with Gasteiger partial charge in [0.2, 0.25) is 0 Å². The van der Waals surface area contributed by atoms with E-state index in [0.29, 0.717) is 5.88 Å². The lowest BCUT2D eigenvalue weighted by atomic mass is 10.2. The van der Waals surface area contributed by atoms with Crippen LogP contribution >= 0.6 is 11.3 Å². The van der Waals surface area contributed by atoms with Crippen molar-refractivity contribution in [2.75, 3.05) is 11.5 Å². The van der Waals surface area contributed by atoms with Gasteiger partial charge in [0.15, 0.2) is 5.88 Å². The topological polar surface area (TPSA) is 65.2 Å². The minimum Gasteiger partial charge on any atom is -0.441 e. The molecule has 1 aromatic carbocycles. The van der Waals surface area contributed by atoms with Crippen molar-refractivity contribution in [1.29, 1.82) is 0 Å². The van der Waals surface area contributed by atoms with Gasteiger partial charge in [-0.3, -0.25) is 0 Å². The highest BCUT2D eigenvalue weighted by Gasteiger charge is 2.05. The number of furan rings is 1. The molecule has 14 heavy (non-hydrogen) atoms. The molecule has 70 valence electrons. The average molecular weight is 204 g/mol. The molecule has 0 bridgehead atoms. The SMILES string of the molecule is Nc1cc2cc3sc(N)cc3cc2o1. The van der Waals surface area contributed by atoms with Gasteiger partial charge < -0.3 is 15.9 Å². The van der Waals surface area contributed by atoms with Crippen molar-refractivity contribution in [1.82, 2.24) is 0 Å². The van der Waals surface area contributed by atoms with Crippen LogP contribution in [0.5, 0.6) is 0 Å². The summed E-state index contributed by atoms with van der Waals surface area (Å²) in [5.74, 6) is 0.450. The minimum atomic E-state index is 0.450. The van der Waals surface area contributed by atoms with Gasteiger partial charge in [0, 0.05) is 16.2 Å². The van der Waals surface area contributed by atoms with Crippen molar-refractivity contribution in [2.45, 2.75) is 0 Å². The summed E-state index contributed by atoms with van der Waals surface area (Å²) in [4.78, 5) is 0. The molecule has 0 aliphatic rings. The van der Waals surface area contributed by atoms with Crippen LogP contribution in [0.2, 0.25) is 0 Å². The highest BCUT2D eigenvalue weighted by atomic mass is 32.1. The van der Waals surface area contributed by atoms with Gasteiger partial charge in [-0.1, -0.05) is 0 Å². The van der Waals surface area contributed by atoms with Crippen molar-refractivity contribution in [3.63, 3.8) is 0 Å². The molecule has 3 nitrogen and oxygen atoms in total. The molecule has 2 aromatic heterocycles. The first-order valence-electron chi connectivity index (χ1n) is 4.20. The standard InChI is InChI=1S/C10H8N2OS/c11-9-3-5-2-8-6(1-7(5)13-9)4-10(12)14-8/h1-4H,11-12H2. The molecular weight excluding hydrogens is 196 g/mol. The number of rotatable bonds is 0. The van der Waals surface area contributed by atoms with Gasteiger partial charge >= 0.3 is 0 Å². The van der Waals surface area contributed by atoms with Gasteiger partial charge in [0.1, 0.15) is 5.58 Å². The second kappa shape index (κ2) is 2.42. The predicted molar refractivity (Wildman–Crippen MR) is 60.4 cm³/mol. The van der Waals surface area contributed by atoms with Crippen LogP contribution in [0.25, 0.3) is 21.1 Å². The van der Waals surface area contributed by atoms with E-state index in [1.54, 1.807) is 11.3 Å². The zero-order valence-corrected chi connectivity index (χ0v) is 8.10. The predicted octanol–water partition coefficient (Wildman–Crippen LogP) is 2.81. The van der Waals surface area contributed by atoms with Crippen LogP contribution in [0, 0.1) is 0 Å². The Balaban J connectivity index is 2.49. The van der Waals surface area contributed by atoms with E-state index in [-0.39, 0.29) is 0 Å². The van der Waals surface area contributed by atoms with E-state index in [4.69, 9.17) is 15.9 Å². The fourth-order valence-electron chi connectivity index (χ4n) is 1.61. The van der Waals surface area contributed by atoms with E-state index in [1.807, 2.05) is 24.3 Å². The minimum absolute atomic E-state index is 0.450. The van der Waals surface area contributed by atoms with Crippen LogP contribution in [0.15, 0.2) is 28.7 Å². The lowest BCUT2D eigenvalue weighted by Gasteiger charge is -1.88. The van der Waals surface area contributed by atoms with Crippen LogP contribution in [0.3, 0.4) is 0 Å². The molecule has 0 radical (unpaired) electrons. The monoisotopic (exact) mass is 204 g/mol. The second-order valence-corrected chi connectivity index (χ2v) is 4.34. The van der Waals surface area contributed by atoms with Crippen LogP contribution in [-0.4, -0.2) is 0 Å². The molecule has 3 aromatic rings. The first kappa shape index (κ1) is 7.70. The zero-order valence-electron chi connectivity index (χ0n) is 7.28. The first-order valence-corrected chi connectivity index (χ1v) is 5.02. The molecule has 0 atom stereocenters. The molecule has 0 fully saturated rings. The Hall–Kier alpha value is -1.68. The normalized spacial score (nSPS) is 11.4. The van der Waals surface area contributed by atoms with Crippen LogP contribution < -0.4 is 11.5 Å². The highest BCUT2D eigenvalue weighted by Crippen LogP contribution is 2.32. The number of anilines is 2. The summed E-state index contributed by atoms with van der Waals surface area (Å²) >= 11 is 1.57. The van der Waals surface area contributed by atoms with E-state index >= 15 is 0 Å². The van der Waals surface area contributed by atoms with Crippen molar-refractivity contribution in [3.05, 3.63) is 24.3 Å². The summed E-state index contributed by atoms with van der Waals surface area (Å²) in [5, 5.41) is 2.95. The Kier molecular flexibility index (Phi) is 1.33. The van der Waals surface area contributed by atoms with Gasteiger partial charge in [0.05, 0.1) is 5.00 Å². The van der Waals surface area contributed by atoms with Crippen LogP contribution in [-0.2, 0) is 0 Å². The van der Waals surface area contributed by atoms with Crippen molar-refractivity contribution in [2.24, 2.45) is 0 Å². The summed E-state index contributed by atoms with van der Waals surface area (Å²) < 4.78 is 6.49. The van der Waals surface area contributed by atoms with Gasteiger partial charge in [-0.2, -0.15) is 0 Å². The summed E-state index contributed by atoms with van der Waals surface area (Å²) in [6.45, 7) is 0. The van der Waals surface area contributed by atoms with Crippen molar-refractivity contribution >= 4 is 43.3 Å². The Morgan fingerprint density at radius 1 is 1.00 bits per heavy atom. The van der Waals surface area contributed by atoms with E-state index in [0.717, 1.165) is 26.1 Å². The summed E-state index contributed by atoms with van der Waals surface area (Å²) in [6.07, 6.45) is 0. The number of thiophene rings is 1. The van der Waals surface area contributed by atoms with E-state index in [2.05, 4.69) is 0 Å². The maximum atomic E-state index is 5.72. The largest absolute Gasteiger partial charge is 0.441 e. The van der Waals surface area contributed by atoms with E-state index in [1.165, 1.54) is 0 Å². The number of hydrogen-bond donors (Lipinski definition) is 2. The van der Waals surface area contributed by atoms with Crippen LogP contribution in [0.4, 0.5) is 10.9 Å². The molecule has 4 heteroatoms. The maximum Gasteiger partial charge on any atom is 0.191 e. The Bertz CT molecular complexity index is 521. The lowest BCUT2D eigenvalue weighted by molar-refractivity contribution is 0.638. The Morgan fingerprint density at radius 2 is 1.86 bits per heavy atom. The maximum absolute atomic E-state index is 5.72. The highest BCUT2D eigenvalue weighted by molar-refractivity contribution is 7.22. The van der Waals surface area contributed by atoms with Gasteiger partial charge in [-0.05, 0) is 23.6 Å². The molecule has 0 amide bonds. The molecule has 0 saturated heterocycles. The number of nitrogens with two attached hydrogens (primary N) is 2. The average Bonchev–Trinajstić information content (AvgIpc) is 2.59. The number of hydrogen-bond acceptors (Lipinski definition) is 4.